The molecular formula is C21H21N3O. The van der Waals surface area contributed by atoms with Crippen LogP contribution in [0.25, 0.3) is 0 Å². The second-order valence-electron chi connectivity index (χ2n) is 5.73. The molecule has 1 amide bonds. The molecule has 3 N–H and O–H groups in total. The van der Waals surface area contributed by atoms with Gasteiger partial charge < -0.3 is 5.32 Å². The molecule has 0 bridgehead atoms. The number of benzene rings is 3. The van der Waals surface area contributed by atoms with Crippen molar-refractivity contribution in [3.63, 3.8) is 0 Å². The van der Waals surface area contributed by atoms with E-state index in [4.69, 9.17) is 0 Å². The average molecular weight is 331 g/mol. The number of anilines is 1. The Bertz CT molecular complexity index is 804. The van der Waals surface area contributed by atoms with Gasteiger partial charge in [0.15, 0.2) is 0 Å². The van der Waals surface area contributed by atoms with Crippen molar-refractivity contribution in [3.05, 3.63) is 102 Å². The minimum absolute atomic E-state index is 0.159. The molecule has 0 spiro atoms. The number of carbonyl (C=O) groups is 1. The van der Waals surface area contributed by atoms with E-state index in [2.05, 4.69) is 28.3 Å². The molecule has 0 aromatic heterocycles. The highest BCUT2D eigenvalue weighted by molar-refractivity contribution is 5.95. The van der Waals surface area contributed by atoms with E-state index < -0.39 is 0 Å². The molecule has 0 aliphatic rings. The van der Waals surface area contributed by atoms with Gasteiger partial charge in [-0.3, -0.25) is 15.6 Å². The summed E-state index contributed by atoms with van der Waals surface area (Å²) in [5, 5.41) is 3.39. The van der Waals surface area contributed by atoms with Crippen molar-refractivity contribution in [3.8, 4) is 0 Å². The van der Waals surface area contributed by atoms with Crippen molar-refractivity contribution in [2.45, 2.75) is 13.1 Å². The summed E-state index contributed by atoms with van der Waals surface area (Å²) < 4.78 is 0. The van der Waals surface area contributed by atoms with Gasteiger partial charge in [0.05, 0.1) is 5.69 Å². The fourth-order valence-electron chi connectivity index (χ4n) is 2.49. The van der Waals surface area contributed by atoms with Crippen LogP contribution >= 0.6 is 0 Å². The lowest BCUT2D eigenvalue weighted by Gasteiger charge is -2.10. The molecule has 4 heteroatoms. The summed E-state index contributed by atoms with van der Waals surface area (Å²) in [5.41, 5.74) is 9.41. The van der Waals surface area contributed by atoms with E-state index in [1.165, 1.54) is 5.56 Å². The summed E-state index contributed by atoms with van der Waals surface area (Å²) in [6.07, 6.45) is 0. The lowest BCUT2D eigenvalue weighted by Crippen LogP contribution is -2.29. The van der Waals surface area contributed by atoms with E-state index in [1.807, 2.05) is 72.8 Å². The SMILES string of the molecule is O=C(NNc1ccccc1)c1cccc(CNCc2ccccc2)c1. The highest BCUT2D eigenvalue weighted by Crippen LogP contribution is 2.07. The van der Waals surface area contributed by atoms with Crippen LogP contribution in [0.1, 0.15) is 21.5 Å². The zero-order chi connectivity index (χ0) is 17.3. The van der Waals surface area contributed by atoms with Crippen LogP contribution in [0, 0.1) is 0 Å². The molecule has 3 rings (SSSR count). The Balaban J connectivity index is 1.52. The molecule has 3 aromatic rings. The Labute approximate surface area is 147 Å². The van der Waals surface area contributed by atoms with Gasteiger partial charge in [0.1, 0.15) is 0 Å². The summed E-state index contributed by atoms with van der Waals surface area (Å²) in [7, 11) is 0. The lowest BCUT2D eigenvalue weighted by atomic mass is 10.1. The summed E-state index contributed by atoms with van der Waals surface area (Å²) in [6.45, 7) is 1.51. The summed E-state index contributed by atoms with van der Waals surface area (Å²) in [4.78, 5) is 12.3. The number of amides is 1. The van der Waals surface area contributed by atoms with E-state index in [0.29, 0.717) is 12.1 Å². The van der Waals surface area contributed by atoms with Crippen molar-refractivity contribution in [1.82, 2.24) is 10.7 Å². The molecule has 3 aromatic carbocycles. The summed E-state index contributed by atoms with van der Waals surface area (Å²) in [6, 6.07) is 27.4. The first-order valence-electron chi connectivity index (χ1n) is 8.26. The largest absolute Gasteiger partial charge is 0.309 e. The van der Waals surface area contributed by atoms with Gasteiger partial charge in [-0.2, -0.15) is 0 Å². The number of hydrogen-bond donors (Lipinski definition) is 3. The van der Waals surface area contributed by atoms with E-state index in [-0.39, 0.29) is 5.91 Å². The molecule has 0 aliphatic carbocycles. The first-order valence-corrected chi connectivity index (χ1v) is 8.26. The molecule has 25 heavy (non-hydrogen) atoms. The number of nitrogens with one attached hydrogen (secondary N) is 3. The second-order valence-corrected chi connectivity index (χ2v) is 5.73. The van der Waals surface area contributed by atoms with Crippen LogP contribution in [0.3, 0.4) is 0 Å². The molecule has 0 unspecified atom stereocenters. The number of hydrazine groups is 1. The summed E-state index contributed by atoms with van der Waals surface area (Å²) >= 11 is 0. The van der Waals surface area contributed by atoms with Crippen molar-refractivity contribution in [2.75, 3.05) is 5.43 Å². The Hall–Kier alpha value is -3.11. The highest BCUT2D eigenvalue weighted by Gasteiger charge is 2.05. The quantitative estimate of drug-likeness (QED) is 0.578. The van der Waals surface area contributed by atoms with Crippen molar-refractivity contribution >= 4 is 11.6 Å². The van der Waals surface area contributed by atoms with E-state index in [0.717, 1.165) is 17.8 Å². The molecular weight excluding hydrogens is 310 g/mol. The van der Waals surface area contributed by atoms with Crippen LogP contribution in [-0.2, 0) is 13.1 Å². The highest BCUT2D eigenvalue weighted by atomic mass is 16.2. The number of carbonyl (C=O) groups excluding carboxylic acids is 1. The minimum atomic E-state index is -0.159. The van der Waals surface area contributed by atoms with E-state index in [9.17, 15) is 4.79 Å². The molecule has 0 saturated heterocycles. The topological polar surface area (TPSA) is 53.2 Å². The van der Waals surface area contributed by atoms with Crippen molar-refractivity contribution in [1.29, 1.82) is 0 Å². The van der Waals surface area contributed by atoms with Gasteiger partial charge in [0, 0.05) is 18.7 Å². The smallest absolute Gasteiger partial charge is 0.269 e. The lowest BCUT2D eigenvalue weighted by molar-refractivity contribution is 0.0962. The first kappa shape index (κ1) is 16.7. The minimum Gasteiger partial charge on any atom is -0.309 e. The van der Waals surface area contributed by atoms with Gasteiger partial charge in [0.25, 0.3) is 5.91 Å². The fourth-order valence-corrected chi connectivity index (χ4v) is 2.49. The molecule has 0 atom stereocenters. The fraction of sp³-hybridized carbons (Fsp3) is 0.0952. The van der Waals surface area contributed by atoms with Crippen LogP contribution in [-0.4, -0.2) is 5.91 Å². The molecule has 0 radical (unpaired) electrons. The average Bonchev–Trinajstić information content (AvgIpc) is 2.68. The number of rotatable bonds is 7. The maximum Gasteiger partial charge on any atom is 0.269 e. The van der Waals surface area contributed by atoms with Gasteiger partial charge in [0.2, 0.25) is 0 Å². The van der Waals surface area contributed by atoms with Gasteiger partial charge in [-0.05, 0) is 35.4 Å². The molecule has 0 saturated carbocycles. The third kappa shape index (κ3) is 5.19. The van der Waals surface area contributed by atoms with Gasteiger partial charge in [-0.15, -0.1) is 0 Å². The van der Waals surface area contributed by atoms with Crippen molar-refractivity contribution in [2.24, 2.45) is 0 Å². The Morgan fingerprint density at radius 3 is 2.12 bits per heavy atom. The number of para-hydroxylation sites is 1. The predicted octanol–water partition coefficient (Wildman–Crippen LogP) is 3.73. The molecule has 4 nitrogen and oxygen atoms in total. The van der Waals surface area contributed by atoms with Gasteiger partial charge >= 0.3 is 0 Å². The third-order valence-corrected chi connectivity index (χ3v) is 3.78. The van der Waals surface area contributed by atoms with Gasteiger partial charge in [-0.1, -0.05) is 60.7 Å². The molecule has 0 heterocycles. The predicted molar refractivity (Wildman–Crippen MR) is 101 cm³/mol. The van der Waals surface area contributed by atoms with Crippen LogP contribution < -0.4 is 16.2 Å². The van der Waals surface area contributed by atoms with Crippen LogP contribution in [0.2, 0.25) is 0 Å². The summed E-state index contributed by atoms with van der Waals surface area (Å²) in [5.74, 6) is -0.159. The van der Waals surface area contributed by atoms with Crippen LogP contribution in [0.4, 0.5) is 5.69 Å². The zero-order valence-electron chi connectivity index (χ0n) is 13.9. The van der Waals surface area contributed by atoms with Crippen LogP contribution in [0.15, 0.2) is 84.9 Å². The van der Waals surface area contributed by atoms with Gasteiger partial charge in [-0.25, -0.2) is 0 Å². The third-order valence-electron chi connectivity index (χ3n) is 3.78. The maximum absolute atomic E-state index is 12.3. The second kappa shape index (κ2) is 8.66. The normalized spacial score (nSPS) is 10.2. The monoisotopic (exact) mass is 331 g/mol. The molecule has 0 fully saturated rings. The van der Waals surface area contributed by atoms with E-state index >= 15 is 0 Å². The number of hydrogen-bond acceptors (Lipinski definition) is 3. The maximum atomic E-state index is 12.3. The van der Waals surface area contributed by atoms with Crippen molar-refractivity contribution < 1.29 is 4.79 Å². The Morgan fingerprint density at radius 1 is 0.720 bits per heavy atom. The van der Waals surface area contributed by atoms with Crippen LogP contribution in [0.5, 0.6) is 0 Å². The zero-order valence-corrected chi connectivity index (χ0v) is 13.9. The Morgan fingerprint density at radius 2 is 1.36 bits per heavy atom. The molecule has 126 valence electrons. The molecule has 0 aliphatic heterocycles. The Kier molecular flexibility index (Phi) is 5.80. The van der Waals surface area contributed by atoms with E-state index in [1.54, 1.807) is 0 Å². The standard InChI is InChI=1S/C21H21N3O/c25-21(24-23-20-12-5-2-6-13-20)19-11-7-10-18(14-19)16-22-15-17-8-3-1-4-9-17/h1-14,22-23H,15-16H2,(H,24,25). The first-order chi connectivity index (χ1) is 12.3.